The Balaban J connectivity index is 1.91. The average Bonchev–Trinajstić information content (AvgIpc) is 3.05. The Hall–Kier alpha value is -2.28. The fourth-order valence-electron chi connectivity index (χ4n) is 2.22. The van der Waals surface area contributed by atoms with Crippen LogP contribution in [0, 0.1) is 5.82 Å². The molecule has 22 heavy (non-hydrogen) atoms. The van der Waals surface area contributed by atoms with Gasteiger partial charge in [0.1, 0.15) is 16.5 Å². The fourth-order valence-corrected chi connectivity index (χ4v) is 2.96. The minimum atomic E-state index is -0.342. The molecule has 0 radical (unpaired) electrons. The van der Waals surface area contributed by atoms with Crippen molar-refractivity contribution in [1.29, 1.82) is 0 Å². The third kappa shape index (κ3) is 2.48. The lowest BCUT2D eigenvalue weighted by Crippen LogP contribution is -2.15. The van der Waals surface area contributed by atoms with Crippen LogP contribution in [0.3, 0.4) is 0 Å². The molecule has 0 fully saturated rings. The SMILES string of the molecule is CC(C)c1nnc(NC(=O)c2cc3c(F)cccc3n2C)s1. The Morgan fingerprint density at radius 3 is 2.77 bits per heavy atom. The van der Waals surface area contributed by atoms with E-state index in [0.717, 1.165) is 5.01 Å². The number of halogens is 1. The summed E-state index contributed by atoms with van der Waals surface area (Å²) in [5.74, 6) is -0.412. The van der Waals surface area contributed by atoms with Crippen molar-refractivity contribution in [2.45, 2.75) is 19.8 Å². The van der Waals surface area contributed by atoms with Crippen molar-refractivity contribution in [3.05, 3.63) is 40.8 Å². The van der Waals surface area contributed by atoms with Gasteiger partial charge < -0.3 is 4.57 Å². The standard InChI is InChI=1S/C15H15FN4OS/c1-8(2)14-18-19-15(22-14)17-13(21)12-7-9-10(16)5-4-6-11(9)20(12)3/h4-8H,1-3H3,(H,17,19,21). The summed E-state index contributed by atoms with van der Waals surface area (Å²) in [4.78, 5) is 12.4. The lowest BCUT2D eigenvalue weighted by molar-refractivity contribution is 0.101. The molecular weight excluding hydrogens is 303 g/mol. The largest absolute Gasteiger partial charge is 0.340 e. The topological polar surface area (TPSA) is 59.8 Å². The Kier molecular flexibility index (Phi) is 3.66. The highest BCUT2D eigenvalue weighted by molar-refractivity contribution is 7.15. The molecule has 7 heteroatoms. The third-order valence-corrected chi connectivity index (χ3v) is 4.56. The van der Waals surface area contributed by atoms with E-state index >= 15 is 0 Å². The van der Waals surface area contributed by atoms with Crippen molar-refractivity contribution in [2.75, 3.05) is 5.32 Å². The molecule has 2 aromatic heterocycles. The minimum Gasteiger partial charge on any atom is -0.340 e. The number of anilines is 1. The van der Waals surface area contributed by atoms with E-state index in [9.17, 15) is 9.18 Å². The van der Waals surface area contributed by atoms with E-state index in [0.29, 0.717) is 21.7 Å². The number of amides is 1. The Morgan fingerprint density at radius 1 is 1.36 bits per heavy atom. The maximum Gasteiger partial charge on any atom is 0.274 e. The van der Waals surface area contributed by atoms with Gasteiger partial charge in [0.25, 0.3) is 5.91 Å². The Morgan fingerprint density at radius 2 is 2.14 bits per heavy atom. The van der Waals surface area contributed by atoms with Gasteiger partial charge in [0, 0.05) is 18.4 Å². The predicted molar refractivity (Wildman–Crippen MR) is 84.8 cm³/mol. The van der Waals surface area contributed by atoms with Gasteiger partial charge in [-0.15, -0.1) is 10.2 Å². The molecule has 0 aliphatic heterocycles. The van der Waals surface area contributed by atoms with E-state index in [1.54, 1.807) is 29.8 Å². The molecule has 3 rings (SSSR count). The lowest BCUT2D eigenvalue weighted by Gasteiger charge is -2.03. The molecule has 0 saturated heterocycles. The van der Waals surface area contributed by atoms with Crippen LogP contribution >= 0.6 is 11.3 Å². The molecule has 3 aromatic rings. The first kappa shape index (κ1) is 14.6. The number of benzene rings is 1. The van der Waals surface area contributed by atoms with Gasteiger partial charge in [0.15, 0.2) is 0 Å². The molecule has 0 bridgehead atoms. The van der Waals surface area contributed by atoms with Gasteiger partial charge in [-0.3, -0.25) is 10.1 Å². The second kappa shape index (κ2) is 5.49. The van der Waals surface area contributed by atoms with Gasteiger partial charge in [-0.05, 0) is 18.2 Å². The van der Waals surface area contributed by atoms with Crippen molar-refractivity contribution in [3.8, 4) is 0 Å². The summed E-state index contributed by atoms with van der Waals surface area (Å²) in [5, 5.41) is 12.4. The Bertz CT molecular complexity index is 852. The van der Waals surface area contributed by atoms with Gasteiger partial charge in [-0.1, -0.05) is 31.3 Å². The van der Waals surface area contributed by atoms with Crippen LogP contribution in [0.4, 0.5) is 9.52 Å². The molecule has 0 atom stereocenters. The van der Waals surface area contributed by atoms with Gasteiger partial charge in [-0.25, -0.2) is 4.39 Å². The molecule has 2 heterocycles. The zero-order valence-electron chi connectivity index (χ0n) is 12.4. The van der Waals surface area contributed by atoms with Crippen molar-refractivity contribution in [3.63, 3.8) is 0 Å². The van der Waals surface area contributed by atoms with Crippen molar-refractivity contribution in [1.82, 2.24) is 14.8 Å². The number of carbonyl (C=O) groups excluding carboxylic acids is 1. The normalized spacial score (nSPS) is 11.3. The first-order chi connectivity index (χ1) is 10.5. The summed E-state index contributed by atoms with van der Waals surface area (Å²) in [5.41, 5.74) is 1.05. The van der Waals surface area contributed by atoms with E-state index in [1.165, 1.54) is 17.4 Å². The summed E-state index contributed by atoms with van der Waals surface area (Å²) >= 11 is 1.34. The molecule has 0 aliphatic carbocycles. The fraction of sp³-hybridized carbons (Fsp3) is 0.267. The number of carbonyl (C=O) groups is 1. The third-order valence-electron chi connectivity index (χ3n) is 3.42. The summed E-state index contributed by atoms with van der Waals surface area (Å²) in [6.45, 7) is 4.03. The predicted octanol–water partition coefficient (Wildman–Crippen LogP) is 3.54. The molecular formula is C15H15FN4OS. The summed E-state index contributed by atoms with van der Waals surface area (Å²) in [7, 11) is 1.73. The van der Waals surface area contributed by atoms with Crippen LogP contribution in [0.25, 0.3) is 10.9 Å². The maximum atomic E-state index is 13.8. The number of fused-ring (bicyclic) bond motifs is 1. The smallest absolute Gasteiger partial charge is 0.274 e. The zero-order chi connectivity index (χ0) is 15.9. The van der Waals surface area contributed by atoms with E-state index in [4.69, 9.17) is 0 Å². The van der Waals surface area contributed by atoms with Gasteiger partial charge in [-0.2, -0.15) is 0 Å². The minimum absolute atomic E-state index is 0.259. The summed E-state index contributed by atoms with van der Waals surface area (Å²) in [6, 6.07) is 6.32. The second-order valence-corrected chi connectivity index (χ2v) is 6.32. The number of hydrogen-bond acceptors (Lipinski definition) is 4. The summed E-state index contributed by atoms with van der Waals surface area (Å²) in [6.07, 6.45) is 0. The number of aryl methyl sites for hydroxylation is 1. The molecule has 114 valence electrons. The Labute approximate surface area is 130 Å². The van der Waals surface area contributed by atoms with Crippen LogP contribution in [-0.2, 0) is 7.05 Å². The zero-order valence-corrected chi connectivity index (χ0v) is 13.2. The van der Waals surface area contributed by atoms with Crippen LogP contribution in [0.15, 0.2) is 24.3 Å². The van der Waals surface area contributed by atoms with Crippen molar-refractivity contribution in [2.24, 2.45) is 7.05 Å². The molecule has 0 saturated carbocycles. The van der Waals surface area contributed by atoms with Crippen molar-refractivity contribution < 1.29 is 9.18 Å². The molecule has 0 aliphatic rings. The average molecular weight is 318 g/mol. The van der Waals surface area contributed by atoms with E-state index in [2.05, 4.69) is 15.5 Å². The van der Waals surface area contributed by atoms with E-state index < -0.39 is 0 Å². The highest BCUT2D eigenvalue weighted by Crippen LogP contribution is 2.25. The van der Waals surface area contributed by atoms with E-state index in [1.807, 2.05) is 13.8 Å². The van der Waals surface area contributed by atoms with Crippen LogP contribution in [-0.4, -0.2) is 20.7 Å². The van der Waals surface area contributed by atoms with Crippen LogP contribution < -0.4 is 5.32 Å². The van der Waals surface area contributed by atoms with Gasteiger partial charge >= 0.3 is 0 Å². The number of hydrogen-bond donors (Lipinski definition) is 1. The first-order valence-corrected chi connectivity index (χ1v) is 7.67. The van der Waals surface area contributed by atoms with E-state index in [-0.39, 0.29) is 17.6 Å². The quantitative estimate of drug-likeness (QED) is 0.803. The molecule has 1 N–H and O–H groups in total. The number of nitrogens with one attached hydrogen (secondary N) is 1. The molecule has 0 unspecified atom stereocenters. The molecule has 5 nitrogen and oxygen atoms in total. The highest BCUT2D eigenvalue weighted by atomic mass is 32.1. The molecule has 1 aromatic carbocycles. The number of nitrogens with zero attached hydrogens (tertiary/aromatic N) is 3. The number of aromatic nitrogens is 3. The van der Waals surface area contributed by atoms with Gasteiger partial charge in [0.05, 0.1) is 5.52 Å². The first-order valence-electron chi connectivity index (χ1n) is 6.86. The van der Waals surface area contributed by atoms with Gasteiger partial charge in [0.2, 0.25) is 5.13 Å². The molecule has 1 amide bonds. The monoisotopic (exact) mass is 318 g/mol. The van der Waals surface area contributed by atoms with Crippen molar-refractivity contribution >= 4 is 33.3 Å². The van der Waals surface area contributed by atoms with Crippen LogP contribution in [0.2, 0.25) is 0 Å². The highest BCUT2D eigenvalue weighted by Gasteiger charge is 2.17. The number of rotatable bonds is 3. The maximum absolute atomic E-state index is 13.8. The summed E-state index contributed by atoms with van der Waals surface area (Å²) < 4.78 is 15.5. The van der Waals surface area contributed by atoms with Crippen LogP contribution in [0.1, 0.15) is 35.3 Å². The lowest BCUT2D eigenvalue weighted by atomic mass is 10.2. The molecule has 0 spiro atoms. The second-order valence-electron chi connectivity index (χ2n) is 5.32. The van der Waals surface area contributed by atoms with Crippen LogP contribution in [0.5, 0.6) is 0 Å².